The molecule has 0 spiro atoms. The highest BCUT2D eigenvalue weighted by Crippen LogP contribution is 2.34. The van der Waals surface area contributed by atoms with Gasteiger partial charge in [-0.1, -0.05) is 6.92 Å². The molecule has 1 aliphatic heterocycles. The first-order chi connectivity index (χ1) is 8.62. The number of nitriles is 1. The highest BCUT2D eigenvalue weighted by atomic mass is 16.5. The maximum absolute atomic E-state index is 9.41. The molecule has 102 valence electrons. The predicted molar refractivity (Wildman–Crippen MR) is 71.2 cm³/mol. The highest BCUT2D eigenvalue weighted by molar-refractivity contribution is 5.13. The lowest BCUT2D eigenvalue weighted by Gasteiger charge is -2.33. The summed E-state index contributed by atoms with van der Waals surface area (Å²) in [7, 11) is 2.19. The van der Waals surface area contributed by atoms with Crippen LogP contribution in [-0.4, -0.2) is 48.8 Å². The number of hydrogen-bond donors (Lipinski definition) is 1. The molecule has 1 saturated carbocycles. The molecule has 4 nitrogen and oxygen atoms in total. The van der Waals surface area contributed by atoms with E-state index in [1.54, 1.807) is 0 Å². The van der Waals surface area contributed by atoms with Crippen LogP contribution in [0.1, 0.15) is 39.5 Å². The quantitative estimate of drug-likeness (QED) is 0.823. The fourth-order valence-corrected chi connectivity index (χ4v) is 3.53. The Balaban J connectivity index is 1.97. The molecule has 4 unspecified atom stereocenters. The lowest BCUT2D eigenvalue weighted by atomic mass is 9.98. The average Bonchev–Trinajstić information content (AvgIpc) is 2.96. The maximum atomic E-state index is 9.41. The van der Waals surface area contributed by atoms with Gasteiger partial charge in [0.25, 0.3) is 0 Å². The minimum absolute atomic E-state index is 0.295. The van der Waals surface area contributed by atoms with Crippen molar-refractivity contribution in [2.24, 2.45) is 0 Å². The lowest BCUT2D eigenvalue weighted by molar-refractivity contribution is 0.0674. The zero-order valence-corrected chi connectivity index (χ0v) is 11.8. The summed E-state index contributed by atoms with van der Waals surface area (Å²) in [6.45, 7) is 5.97. The van der Waals surface area contributed by atoms with Gasteiger partial charge in [0.1, 0.15) is 5.54 Å². The van der Waals surface area contributed by atoms with E-state index in [2.05, 4.69) is 37.2 Å². The monoisotopic (exact) mass is 251 g/mol. The first-order valence-corrected chi connectivity index (χ1v) is 7.11. The van der Waals surface area contributed by atoms with Crippen LogP contribution in [0.3, 0.4) is 0 Å². The summed E-state index contributed by atoms with van der Waals surface area (Å²) in [5.41, 5.74) is -0.295. The number of rotatable bonds is 4. The van der Waals surface area contributed by atoms with Crippen LogP contribution in [0.15, 0.2) is 0 Å². The Hall–Kier alpha value is -0.630. The van der Waals surface area contributed by atoms with Crippen LogP contribution in [0.4, 0.5) is 0 Å². The van der Waals surface area contributed by atoms with Gasteiger partial charge in [-0.25, -0.2) is 0 Å². The van der Waals surface area contributed by atoms with Crippen molar-refractivity contribution < 1.29 is 4.74 Å². The smallest absolute Gasteiger partial charge is 0.108 e. The lowest BCUT2D eigenvalue weighted by Crippen LogP contribution is -2.46. The Labute approximate surface area is 110 Å². The molecule has 0 radical (unpaired) electrons. The molecule has 1 aliphatic carbocycles. The largest absolute Gasteiger partial charge is 0.377 e. The van der Waals surface area contributed by atoms with E-state index < -0.39 is 0 Å². The molecule has 2 rings (SSSR count). The van der Waals surface area contributed by atoms with Crippen LogP contribution in [0, 0.1) is 11.3 Å². The SMILES string of the molecule is CCNC1(C#N)CCC(N(C)C2CCOC2C)C1. The highest BCUT2D eigenvalue weighted by Gasteiger charge is 2.42. The summed E-state index contributed by atoms with van der Waals surface area (Å²) < 4.78 is 5.65. The normalized spacial score (nSPS) is 40.3. The average molecular weight is 251 g/mol. The topological polar surface area (TPSA) is 48.3 Å². The number of likely N-dealkylation sites (N-methyl/N-ethyl adjacent to an activating group) is 1. The molecule has 0 aromatic heterocycles. The Bertz CT molecular complexity index is 327. The van der Waals surface area contributed by atoms with E-state index in [0.29, 0.717) is 18.2 Å². The van der Waals surface area contributed by atoms with Gasteiger partial charge in [-0.15, -0.1) is 0 Å². The molecule has 2 aliphatic rings. The van der Waals surface area contributed by atoms with E-state index in [-0.39, 0.29) is 5.54 Å². The van der Waals surface area contributed by atoms with Gasteiger partial charge >= 0.3 is 0 Å². The maximum Gasteiger partial charge on any atom is 0.108 e. The fourth-order valence-electron chi connectivity index (χ4n) is 3.53. The fraction of sp³-hybridized carbons (Fsp3) is 0.929. The van der Waals surface area contributed by atoms with Gasteiger partial charge in [0, 0.05) is 18.7 Å². The van der Waals surface area contributed by atoms with Gasteiger partial charge in [-0.3, -0.25) is 10.2 Å². The van der Waals surface area contributed by atoms with Gasteiger partial charge < -0.3 is 4.74 Å². The van der Waals surface area contributed by atoms with Crippen molar-refractivity contribution in [1.29, 1.82) is 5.26 Å². The van der Waals surface area contributed by atoms with Gasteiger partial charge in [0.05, 0.1) is 12.2 Å². The summed E-state index contributed by atoms with van der Waals surface area (Å²) in [5.74, 6) is 0. The van der Waals surface area contributed by atoms with Crippen molar-refractivity contribution in [3.8, 4) is 6.07 Å². The second-order valence-electron chi connectivity index (χ2n) is 5.72. The van der Waals surface area contributed by atoms with Gasteiger partial charge in [0.15, 0.2) is 0 Å². The zero-order chi connectivity index (χ0) is 13.2. The zero-order valence-electron chi connectivity index (χ0n) is 11.8. The third kappa shape index (κ3) is 2.54. The van der Waals surface area contributed by atoms with Crippen molar-refractivity contribution in [3.63, 3.8) is 0 Å². The first kappa shape index (κ1) is 13.8. The van der Waals surface area contributed by atoms with Crippen molar-refractivity contribution in [2.75, 3.05) is 20.2 Å². The van der Waals surface area contributed by atoms with Crippen molar-refractivity contribution in [3.05, 3.63) is 0 Å². The molecule has 0 bridgehead atoms. The second kappa shape index (κ2) is 5.56. The molecule has 0 amide bonds. The Kier molecular flexibility index (Phi) is 4.26. The second-order valence-corrected chi connectivity index (χ2v) is 5.72. The van der Waals surface area contributed by atoms with Gasteiger partial charge in [-0.2, -0.15) is 5.26 Å². The number of nitrogens with one attached hydrogen (secondary N) is 1. The predicted octanol–water partition coefficient (Wildman–Crippen LogP) is 1.52. The van der Waals surface area contributed by atoms with Crippen molar-refractivity contribution in [1.82, 2.24) is 10.2 Å². The van der Waals surface area contributed by atoms with E-state index in [4.69, 9.17) is 4.74 Å². The summed E-state index contributed by atoms with van der Waals surface area (Å²) in [6, 6.07) is 3.53. The molecule has 1 heterocycles. The molecule has 0 aromatic rings. The third-order valence-corrected chi connectivity index (χ3v) is 4.65. The van der Waals surface area contributed by atoms with E-state index in [1.807, 2.05) is 0 Å². The van der Waals surface area contributed by atoms with Gasteiger partial charge in [0.2, 0.25) is 0 Å². The number of ether oxygens (including phenoxy) is 1. The summed E-state index contributed by atoms with van der Waals surface area (Å²) in [4.78, 5) is 2.45. The molecule has 0 aromatic carbocycles. The molecule has 1 N–H and O–H groups in total. The van der Waals surface area contributed by atoms with E-state index in [0.717, 1.165) is 38.8 Å². The Morgan fingerprint density at radius 1 is 1.50 bits per heavy atom. The van der Waals surface area contributed by atoms with Crippen LogP contribution in [0.2, 0.25) is 0 Å². The van der Waals surface area contributed by atoms with E-state index in [1.165, 1.54) is 0 Å². The van der Waals surface area contributed by atoms with Gasteiger partial charge in [-0.05, 0) is 46.2 Å². The molecular formula is C14H25N3O. The molecule has 2 fully saturated rings. The minimum Gasteiger partial charge on any atom is -0.377 e. The minimum atomic E-state index is -0.295. The number of hydrogen-bond acceptors (Lipinski definition) is 4. The van der Waals surface area contributed by atoms with Crippen LogP contribution < -0.4 is 5.32 Å². The molecule has 1 saturated heterocycles. The molecular weight excluding hydrogens is 226 g/mol. The van der Waals surface area contributed by atoms with Crippen LogP contribution in [0.5, 0.6) is 0 Å². The van der Waals surface area contributed by atoms with Crippen LogP contribution in [-0.2, 0) is 4.74 Å². The van der Waals surface area contributed by atoms with Crippen LogP contribution in [0.25, 0.3) is 0 Å². The molecule has 18 heavy (non-hydrogen) atoms. The summed E-state index contributed by atoms with van der Waals surface area (Å²) >= 11 is 0. The van der Waals surface area contributed by atoms with E-state index in [9.17, 15) is 5.26 Å². The Morgan fingerprint density at radius 2 is 2.28 bits per heavy atom. The first-order valence-electron chi connectivity index (χ1n) is 7.11. The van der Waals surface area contributed by atoms with Crippen LogP contribution >= 0.6 is 0 Å². The molecule has 4 heteroatoms. The third-order valence-electron chi connectivity index (χ3n) is 4.65. The summed E-state index contributed by atoms with van der Waals surface area (Å²) in [6.07, 6.45) is 4.46. The van der Waals surface area contributed by atoms with Crippen molar-refractivity contribution in [2.45, 2.75) is 63.3 Å². The molecule has 4 atom stereocenters. The Morgan fingerprint density at radius 3 is 2.83 bits per heavy atom. The standard InChI is InChI=1S/C14H25N3O/c1-4-16-14(10-15)7-5-12(9-14)17(3)13-6-8-18-11(13)2/h11-13,16H,4-9H2,1-3H3. The summed E-state index contributed by atoms with van der Waals surface area (Å²) in [5, 5.41) is 12.8. The number of nitrogens with zero attached hydrogens (tertiary/aromatic N) is 2. The van der Waals surface area contributed by atoms with E-state index >= 15 is 0 Å². The van der Waals surface area contributed by atoms with Crippen molar-refractivity contribution >= 4 is 0 Å².